The highest BCUT2D eigenvalue weighted by molar-refractivity contribution is 6.31. The van der Waals surface area contributed by atoms with Gasteiger partial charge in [0.05, 0.1) is 12.0 Å². The average molecular weight is 405 g/mol. The van der Waals surface area contributed by atoms with E-state index in [1.807, 2.05) is 31.2 Å². The van der Waals surface area contributed by atoms with Crippen molar-refractivity contribution < 1.29 is 18.0 Å². The molecule has 0 spiro atoms. The molecule has 3 aromatic rings. The third-order valence-electron chi connectivity index (χ3n) is 4.12. The van der Waals surface area contributed by atoms with Gasteiger partial charge in [-0.25, -0.2) is 0 Å². The lowest BCUT2D eigenvalue weighted by molar-refractivity contribution is -0.137. The quantitative estimate of drug-likeness (QED) is 0.587. The van der Waals surface area contributed by atoms with E-state index in [4.69, 9.17) is 11.6 Å². The number of anilines is 1. The first-order valence-corrected chi connectivity index (χ1v) is 8.79. The second kappa shape index (κ2) is 8.02. The Morgan fingerprint density at radius 3 is 2.39 bits per heavy atom. The number of hydrogen-bond donors (Lipinski definition) is 1. The molecule has 2 aromatic carbocycles. The first-order valence-electron chi connectivity index (χ1n) is 8.41. The Kier molecular flexibility index (Phi) is 5.70. The highest BCUT2D eigenvalue weighted by Crippen LogP contribution is 2.32. The van der Waals surface area contributed by atoms with Crippen LogP contribution in [0.4, 0.5) is 18.9 Å². The van der Waals surface area contributed by atoms with Crippen molar-refractivity contribution in [1.29, 1.82) is 0 Å². The van der Waals surface area contributed by atoms with Gasteiger partial charge in [0.25, 0.3) is 0 Å². The van der Waals surface area contributed by atoms with E-state index in [1.165, 1.54) is 0 Å². The van der Waals surface area contributed by atoms with Crippen molar-refractivity contribution in [3.8, 4) is 11.1 Å². The molecule has 0 fully saturated rings. The number of carbonyl (C=O) groups is 1. The molecular formula is C21H16ClF3N2O. The molecule has 0 bridgehead atoms. The lowest BCUT2D eigenvalue weighted by Gasteiger charge is -2.11. The van der Waals surface area contributed by atoms with Crippen molar-refractivity contribution in [1.82, 2.24) is 4.98 Å². The van der Waals surface area contributed by atoms with E-state index in [-0.39, 0.29) is 17.0 Å². The molecule has 0 unspecified atom stereocenters. The van der Waals surface area contributed by atoms with Gasteiger partial charge in [0.2, 0.25) is 5.91 Å². The zero-order chi connectivity index (χ0) is 20.3. The Morgan fingerprint density at radius 2 is 1.75 bits per heavy atom. The molecule has 0 aliphatic rings. The van der Waals surface area contributed by atoms with Crippen LogP contribution in [0.1, 0.15) is 16.8 Å². The fourth-order valence-corrected chi connectivity index (χ4v) is 2.92. The van der Waals surface area contributed by atoms with Crippen molar-refractivity contribution in [2.45, 2.75) is 19.5 Å². The molecule has 0 aliphatic heterocycles. The summed E-state index contributed by atoms with van der Waals surface area (Å²) in [6.45, 7) is 1.90. The molecule has 0 saturated heterocycles. The number of amides is 1. The zero-order valence-electron chi connectivity index (χ0n) is 14.8. The molecule has 3 nitrogen and oxygen atoms in total. The average Bonchev–Trinajstić information content (AvgIpc) is 2.63. The third kappa shape index (κ3) is 4.89. The third-order valence-corrected chi connectivity index (χ3v) is 4.49. The summed E-state index contributed by atoms with van der Waals surface area (Å²) in [4.78, 5) is 16.4. The maximum atomic E-state index is 12.8. The summed E-state index contributed by atoms with van der Waals surface area (Å²) in [5, 5.41) is 2.79. The molecule has 0 radical (unpaired) electrons. The van der Waals surface area contributed by atoms with Gasteiger partial charge in [0, 0.05) is 22.6 Å². The summed E-state index contributed by atoms with van der Waals surface area (Å²) in [6.07, 6.45) is -3.02. The number of aryl methyl sites for hydroxylation is 1. The second-order valence-corrected chi connectivity index (χ2v) is 6.70. The summed E-state index contributed by atoms with van der Waals surface area (Å²) in [5.41, 5.74) is 2.69. The number of nitrogens with one attached hydrogen (secondary N) is 1. The highest BCUT2D eigenvalue weighted by atomic mass is 35.5. The second-order valence-electron chi connectivity index (χ2n) is 6.29. The summed E-state index contributed by atoms with van der Waals surface area (Å²) in [6, 6.07) is 13.9. The molecule has 3 rings (SSSR count). The molecule has 0 saturated carbocycles. The van der Waals surface area contributed by atoms with Gasteiger partial charge in [-0.15, -0.1) is 0 Å². The molecule has 1 amide bonds. The largest absolute Gasteiger partial charge is 0.416 e. The minimum atomic E-state index is -4.49. The number of alkyl halides is 3. The molecule has 7 heteroatoms. The first-order chi connectivity index (χ1) is 13.2. The van der Waals surface area contributed by atoms with Crippen LogP contribution in [0.15, 0.2) is 60.8 Å². The first kappa shape index (κ1) is 19.9. The molecule has 1 N–H and O–H groups in total. The summed E-state index contributed by atoms with van der Waals surface area (Å²) < 4.78 is 38.5. The van der Waals surface area contributed by atoms with Crippen LogP contribution in [0.2, 0.25) is 5.02 Å². The molecule has 28 heavy (non-hydrogen) atoms. The predicted molar refractivity (Wildman–Crippen MR) is 103 cm³/mol. The Bertz CT molecular complexity index is 1000. The van der Waals surface area contributed by atoms with Crippen LogP contribution >= 0.6 is 11.6 Å². The van der Waals surface area contributed by atoms with Gasteiger partial charge < -0.3 is 5.32 Å². The number of benzene rings is 2. The van der Waals surface area contributed by atoms with E-state index in [1.54, 1.807) is 18.3 Å². The molecular weight excluding hydrogens is 389 g/mol. The van der Waals surface area contributed by atoms with Gasteiger partial charge in [-0.1, -0.05) is 23.7 Å². The van der Waals surface area contributed by atoms with Gasteiger partial charge in [-0.3, -0.25) is 9.78 Å². The van der Waals surface area contributed by atoms with Crippen LogP contribution in [0, 0.1) is 6.92 Å². The smallest absolute Gasteiger partial charge is 0.326 e. The monoisotopic (exact) mass is 404 g/mol. The summed E-state index contributed by atoms with van der Waals surface area (Å²) in [5.74, 6) is -0.450. The number of carbonyl (C=O) groups excluding carboxylic acids is 1. The number of aromatic nitrogens is 1. The molecule has 1 heterocycles. The molecule has 144 valence electrons. The van der Waals surface area contributed by atoms with E-state index in [0.717, 1.165) is 35.0 Å². The van der Waals surface area contributed by atoms with E-state index < -0.39 is 17.6 Å². The number of nitrogens with zero attached hydrogens (tertiary/aromatic N) is 1. The maximum Gasteiger partial charge on any atom is 0.416 e. The minimum absolute atomic E-state index is 0.117. The molecule has 0 aliphatic carbocycles. The number of rotatable bonds is 4. The maximum absolute atomic E-state index is 12.8. The van der Waals surface area contributed by atoms with Gasteiger partial charge in [0.1, 0.15) is 0 Å². The van der Waals surface area contributed by atoms with Crippen LogP contribution in [-0.4, -0.2) is 10.9 Å². The SMILES string of the molecule is Cc1cc(-c2ccc(NC(=O)Cc3cc(C(F)(F)F)ccc3Cl)cc2)ccn1. The van der Waals surface area contributed by atoms with Crippen molar-refractivity contribution >= 4 is 23.2 Å². The van der Waals surface area contributed by atoms with Gasteiger partial charge in [0.15, 0.2) is 0 Å². The van der Waals surface area contributed by atoms with Gasteiger partial charge in [-0.2, -0.15) is 13.2 Å². The summed E-state index contributed by atoms with van der Waals surface area (Å²) >= 11 is 5.94. The van der Waals surface area contributed by atoms with Crippen molar-refractivity contribution in [2.75, 3.05) is 5.32 Å². The minimum Gasteiger partial charge on any atom is -0.326 e. The van der Waals surface area contributed by atoms with E-state index in [9.17, 15) is 18.0 Å². The van der Waals surface area contributed by atoms with E-state index >= 15 is 0 Å². The predicted octanol–water partition coefficient (Wildman–Crippen LogP) is 5.91. The van der Waals surface area contributed by atoms with Crippen LogP contribution in [-0.2, 0) is 17.4 Å². The lowest BCUT2D eigenvalue weighted by Crippen LogP contribution is -2.15. The van der Waals surface area contributed by atoms with Crippen molar-refractivity contribution in [3.05, 3.63) is 82.6 Å². The highest BCUT2D eigenvalue weighted by Gasteiger charge is 2.31. The normalized spacial score (nSPS) is 11.3. The fraction of sp³-hybridized carbons (Fsp3) is 0.143. The zero-order valence-corrected chi connectivity index (χ0v) is 15.6. The number of halogens is 4. The topological polar surface area (TPSA) is 42.0 Å². The fourth-order valence-electron chi connectivity index (χ4n) is 2.74. The van der Waals surface area contributed by atoms with Crippen molar-refractivity contribution in [3.63, 3.8) is 0 Å². The number of hydrogen-bond acceptors (Lipinski definition) is 2. The summed E-state index contributed by atoms with van der Waals surface area (Å²) in [7, 11) is 0. The van der Waals surface area contributed by atoms with Gasteiger partial charge >= 0.3 is 6.18 Å². The van der Waals surface area contributed by atoms with Crippen molar-refractivity contribution in [2.24, 2.45) is 0 Å². The standard InChI is InChI=1S/C21H16ClF3N2O/c1-13-10-15(8-9-26-13)14-2-5-18(6-3-14)27-20(28)12-16-11-17(21(23,24)25)4-7-19(16)22/h2-11H,12H2,1H3,(H,27,28). The van der Waals surface area contributed by atoms with E-state index in [0.29, 0.717) is 5.69 Å². The van der Waals surface area contributed by atoms with Gasteiger partial charge in [-0.05, 0) is 66.1 Å². The van der Waals surface area contributed by atoms with Crippen LogP contribution < -0.4 is 5.32 Å². The Morgan fingerprint density at radius 1 is 1.04 bits per heavy atom. The molecule has 1 aromatic heterocycles. The number of pyridine rings is 1. The van der Waals surface area contributed by atoms with E-state index in [2.05, 4.69) is 10.3 Å². The van der Waals surface area contributed by atoms with Crippen LogP contribution in [0.5, 0.6) is 0 Å². The Hall–Kier alpha value is -2.86. The Labute approximate surface area is 165 Å². The molecule has 0 atom stereocenters. The lowest BCUT2D eigenvalue weighted by atomic mass is 10.1. The van der Waals surface area contributed by atoms with Crippen LogP contribution in [0.3, 0.4) is 0 Å². The Balaban J connectivity index is 1.70. The van der Waals surface area contributed by atoms with Crippen LogP contribution in [0.25, 0.3) is 11.1 Å².